The molecular weight excluding hydrogens is 170 g/mol. The van der Waals surface area contributed by atoms with E-state index in [0.717, 1.165) is 6.42 Å². The minimum absolute atomic E-state index is 0.0513. The molecule has 68 valence electrons. The van der Waals surface area contributed by atoms with Crippen LogP contribution in [0.4, 0.5) is 4.79 Å². The van der Waals surface area contributed by atoms with Crippen molar-refractivity contribution in [2.75, 3.05) is 7.05 Å². The Balaban J connectivity index is 2.45. The topological polar surface area (TPSA) is 29.1 Å². The van der Waals surface area contributed by atoms with E-state index in [9.17, 15) is 4.79 Å². The average molecular weight is 185 g/mol. The van der Waals surface area contributed by atoms with Crippen molar-refractivity contribution in [3.63, 3.8) is 0 Å². The zero-order valence-corrected chi connectivity index (χ0v) is 8.41. The van der Waals surface area contributed by atoms with Crippen LogP contribution in [-0.2, 0) is 0 Å². The number of nitrogens with one attached hydrogen (secondary N) is 1. The van der Waals surface area contributed by atoms with Crippen LogP contribution in [0.2, 0.25) is 0 Å². The largest absolute Gasteiger partial charge is 0.350 e. The Hall–Kier alpha value is -0.440. The van der Waals surface area contributed by atoms with Gasteiger partial charge in [-0.1, -0.05) is 13.0 Å². The number of carbonyl (C=O) groups excluding carboxylic acids is 1. The van der Waals surface area contributed by atoms with Crippen molar-refractivity contribution in [1.29, 1.82) is 0 Å². The predicted molar refractivity (Wildman–Crippen MR) is 53.1 cm³/mol. The molecule has 12 heavy (non-hydrogen) atoms. The van der Waals surface area contributed by atoms with Crippen LogP contribution in [0, 0.1) is 5.92 Å². The Morgan fingerprint density at radius 3 is 3.08 bits per heavy atom. The second-order valence-corrected chi connectivity index (χ2v) is 4.24. The highest BCUT2D eigenvalue weighted by Crippen LogP contribution is 2.30. The highest BCUT2D eigenvalue weighted by molar-refractivity contribution is 8.16. The zero-order chi connectivity index (χ0) is 8.97. The van der Waals surface area contributed by atoms with E-state index in [-0.39, 0.29) is 5.24 Å². The van der Waals surface area contributed by atoms with E-state index in [1.54, 1.807) is 7.05 Å². The Bertz CT molecular complexity index is 201. The lowest BCUT2D eigenvalue weighted by Gasteiger charge is -2.16. The Kier molecular flexibility index (Phi) is 3.66. The Labute approximate surface area is 77.8 Å². The highest BCUT2D eigenvalue weighted by atomic mass is 32.2. The van der Waals surface area contributed by atoms with Gasteiger partial charge in [-0.25, -0.2) is 0 Å². The van der Waals surface area contributed by atoms with Crippen molar-refractivity contribution >= 4 is 17.0 Å². The SMILES string of the molecule is CNC(=O)SC1=C[C@@H](C)CCC1. The predicted octanol–water partition coefficient (Wildman–Crippen LogP) is 2.76. The second-order valence-electron chi connectivity index (χ2n) is 3.14. The summed E-state index contributed by atoms with van der Waals surface area (Å²) < 4.78 is 0. The summed E-state index contributed by atoms with van der Waals surface area (Å²) in [6.45, 7) is 2.20. The molecule has 1 rings (SSSR count). The molecule has 0 radical (unpaired) electrons. The quantitative estimate of drug-likeness (QED) is 0.680. The Morgan fingerprint density at radius 2 is 2.50 bits per heavy atom. The van der Waals surface area contributed by atoms with Crippen LogP contribution < -0.4 is 5.32 Å². The van der Waals surface area contributed by atoms with Gasteiger partial charge in [0.25, 0.3) is 5.24 Å². The maximum atomic E-state index is 11.0. The van der Waals surface area contributed by atoms with Crippen molar-refractivity contribution in [3.05, 3.63) is 11.0 Å². The molecule has 1 aliphatic carbocycles. The van der Waals surface area contributed by atoms with Crippen molar-refractivity contribution in [3.8, 4) is 0 Å². The standard InChI is InChI=1S/C9H15NOS/c1-7-4-3-5-8(6-7)12-9(11)10-2/h6-7H,3-5H2,1-2H3,(H,10,11)/t7-/m0/s1. The summed E-state index contributed by atoms with van der Waals surface area (Å²) >= 11 is 1.34. The molecule has 0 saturated heterocycles. The van der Waals surface area contributed by atoms with Gasteiger partial charge in [0.15, 0.2) is 0 Å². The number of hydrogen-bond acceptors (Lipinski definition) is 2. The van der Waals surface area contributed by atoms with Gasteiger partial charge in [0.05, 0.1) is 0 Å². The van der Waals surface area contributed by atoms with E-state index in [1.165, 1.54) is 29.5 Å². The van der Waals surface area contributed by atoms with Gasteiger partial charge in [-0.3, -0.25) is 4.79 Å². The fraction of sp³-hybridized carbons (Fsp3) is 0.667. The minimum Gasteiger partial charge on any atom is -0.350 e. The first-order chi connectivity index (χ1) is 5.72. The lowest BCUT2D eigenvalue weighted by molar-refractivity contribution is 0.262. The minimum atomic E-state index is 0.0513. The van der Waals surface area contributed by atoms with Gasteiger partial charge in [-0.05, 0) is 41.8 Å². The van der Waals surface area contributed by atoms with E-state index in [2.05, 4.69) is 18.3 Å². The summed E-state index contributed by atoms with van der Waals surface area (Å²) in [5.74, 6) is 0.644. The van der Waals surface area contributed by atoms with E-state index >= 15 is 0 Å². The average Bonchev–Trinajstić information content (AvgIpc) is 2.04. The fourth-order valence-electron chi connectivity index (χ4n) is 1.34. The third-order valence-electron chi connectivity index (χ3n) is 1.98. The van der Waals surface area contributed by atoms with E-state index in [0.29, 0.717) is 5.92 Å². The molecule has 1 atom stereocenters. The van der Waals surface area contributed by atoms with Gasteiger partial charge in [0, 0.05) is 7.05 Å². The van der Waals surface area contributed by atoms with Crippen molar-refractivity contribution in [1.82, 2.24) is 5.32 Å². The molecule has 1 aliphatic rings. The molecule has 0 spiro atoms. The molecule has 2 nitrogen and oxygen atoms in total. The van der Waals surface area contributed by atoms with Gasteiger partial charge in [-0.2, -0.15) is 0 Å². The van der Waals surface area contributed by atoms with Crippen molar-refractivity contribution < 1.29 is 4.79 Å². The molecular formula is C9H15NOS. The molecule has 0 bridgehead atoms. The van der Waals surface area contributed by atoms with Crippen molar-refractivity contribution in [2.24, 2.45) is 5.92 Å². The first kappa shape index (κ1) is 9.65. The lowest BCUT2D eigenvalue weighted by Crippen LogP contribution is -2.12. The van der Waals surface area contributed by atoms with E-state index < -0.39 is 0 Å². The van der Waals surface area contributed by atoms with E-state index in [4.69, 9.17) is 0 Å². The van der Waals surface area contributed by atoms with Crippen LogP contribution in [0.25, 0.3) is 0 Å². The third kappa shape index (κ3) is 2.89. The molecule has 0 heterocycles. The molecule has 1 N–H and O–H groups in total. The maximum absolute atomic E-state index is 11.0. The Morgan fingerprint density at radius 1 is 1.75 bits per heavy atom. The summed E-state index contributed by atoms with van der Waals surface area (Å²) in [5, 5.41) is 2.66. The summed E-state index contributed by atoms with van der Waals surface area (Å²) in [5.41, 5.74) is 0. The van der Waals surface area contributed by atoms with Crippen LogP contribution in [0.15, 0.2) is 11.0 Å². The molecule has 1 amide bonds. The number of allylic oxidation sites excluding steroid dienone is 2. The molecule has 0 aromatic carbocycles. The highest BCUT2D eigenvalue weighted by Gasteiger charge is 2.12. The van der Waals surface area contributed by atoms with Crippen LogP contribution in [0.3, 0.4) is 0 Å². The monoisotopic (exact) mass is 185 g/mol. The summed E-state index contributed by atoms with van der Waals surface area (Å²) in [4.78, 5) is 12.2. The zero-order valence-electron chi connectivity index (χ0n) is 7.59. The molecule has 0 aromatic heterocycles. The number of thioether (sulfide) groups is 1. The number of rotatable bonds is 1. The fourth-order valence-corrected chi connectivity index (χ4v) is 2.22. The number of carbonyl (C=O) groups is 1. The van der Waals surface area contributed by atoms with Crippen LogP contribution >= 0.6 is 11.8 Å². The first-order valence-corrected chi connectivity index (χ1v) is 5.14. The van der Waals surface area contributed by atoms with Crippen molar-refractivity contribution in [2.45, 2.75) is 26.2 Å². The van der Waals surface area contributed by atoms with Gasteiger partial charge in [-0.15, -0.1) is 0 Å². The summed E-state index contributed by atoms with van der Waals surface area (Å²) in [6.07, 6.45) is 5.76. The smallest absolute Gasteiger partial charge is 0.283 e. The molecule has 0 saturated carbocycles. The maximum Gasteiger partial charge on any atom is 0.283 e. The van der Waals surface area contributed by atoms with Gasteiger partial charge < -0.3 is 5.32 Å². The summed E-state index contributed by atoms with van der Waals surface area (Å²) in [6, 6.07) is 0. The van der Waals surface area contributed by atoms with Gasteiger partial charge in [0.1, 0.15) is 0 Å². The second kappa shape index (κ2) is 4.55. The van der Waals surface area contributed by atoms with Crippen LogP contribution in [0.5, 0.6) is 0 Å². The molecule has 3 heteroatoms. The number of hydrogen-bond donors (Lipinski definition) is 1. The first-order valence-electron chi connectivity index (χ1n) is 4.32. The van der Waals surface area contributed by atoms with Gasteiger partial charge >= 0.3 is 0 Å². The van der Waals surface area contributed by atoms with Crippen LogP contribution in [-0.4, -0.2) is 12.3 Å². The normalized spacial score (nSPS) is 23.2. The summed E-state index contributed by atoms with van der Waals surface area (Å²) in [7, 11) is 1.67. The van der Waals surface area contributed by atoms with Crippen LogP contribution in [0.1, 0.15) is 26.2 Å². The number of amides is 1. The third-order valence-corrected chi connectivity index (χ3v) is 2.97. The molecule has 0 aliphatic heterocycles. The molecule has 0 fully saturated rings. The lowest BCUT2D eigenvalue weighted by atomic mass is 9.98. The van der Waals surface area contributed by atoms with E-state index in [1.807, 2.05) is 0 Å². The molecule has 0 unspecified atom stereocenters. The molecule has 0 aromatic rings. The van der Waals surface area contributed by atoms with Gasteiger partial charge in [0.2, 0.25) is 0 Å².